The van der Waals surface area contributed by atoms with Gasteiger partial charge in [0.15, 0.2) is 5.82 Å². The Hall–Kier alpha value is -2.36. The fourth-order valence-electron chi connectivity index (χ4n) is 2.00. The fraction of sp³-hybridized carbons (Fsp3) is 0.143. The van der Waals surface area contributed by atoms with Gasteiger partial charge in [-0.3, -0.25) is 0 Å². The number of benzene rings is 1. The van der Waals surface area contributed by atoms with Gasteiger partial charge in [0.2, 0.25) is 0 Å². The van der Waals surface area contributed by atoms with E-state index in [9.17, 15) is 0 Å². The minimum absolute atomic E-state index is 0.923. The predicted molar refractivity (Wildman–Crippen MR) is 72.8 cm³/mol. The van der Waals surface area contributed by atoms with Crippen LogP contribution in [0.4, 0.5) is 5.82 Å². The van der Waals surface area contributed by atoms with Crippen LogP contribution in [0.1, 0.15) is 0 Å². The molecule has 0 spiro atoms. The summed E-state index contributed by atoms with van der Waals surface area (Å²) in [6.07, 6.45) is 3.64. The minimum Gasteiger partial charge on any atom is -0.361 e. The molecule has 3 rings (SSSR count). The molecule has 4 heteroatoms. The molecule has 0 bridgehead atoms. The van der Waals surface area contributed by atoms with E-state index in [4.69, 9.17) is 0 Å². The highest BCUT2D eigenvalue weighted by Crippen LogP contribution is 2.23. The van der Waals surface area contributed by atoms with Crippen molar-refractivity contribution >= 4 is 11.3 Å². The van der Waals surface area contributed by atoms with E-state index < -0.39 is 0 Å². The van der Waals surface area contributed by atoms with Gasteiger partial charge in [-0.1, -0.05) is 30.3 Å². The van der Waals surface area contributed by atoms with Gasteiger partial charge in [-0.05, 0) is 6.07 Å². The van der Waals surface area contributed by atoms with Crippen LogP contribution in [0.3, 0.4) is 0 Å². The van der Waals surface area contributed by atoms with Gasteiger partial charge in [-0.2, -0.15) is 5.10 Å². The fourth-order valence-corrected chi connectivity index (χ4v) is 2.00. The summed E-state index contributed by atoms with van der Waals surface area (Å²) in [6.45, 7) is 0. The second kappa shape index (κ2) is 4.14. The molecular weight excluding hydrogens is 224 g/mol. The third kappa shape index (κ3) is 1.72. The molecular formula is C14H14N4. The number of hydrogen-bond donors (Lipinski definition) is 0. The average molecular weight is 238 g/mol. The highest BCUT2D eigenvalue weighted by molar-refractivity contribution is 5.74. The van der Waals surface area contributed by atoms with Crippen LogP contribution < -0.4 is 4.90 Å². The Labute approximate surface area is 106 Å². The highest BCUT2D eigenvalue weighted by Gasteiger charge is 2.09. The van der Waals surface area contributed by atoms with E-state index >= 15 is 0 Å². The van der Waals surface area contributed by atoms with E-state index in [1.807, 2.05) is 47.9 Å². The van der Waals surface area contributed by atoms with E-state index in [0.29, 0.717) is 0 Å². The van der Waals surface area contributed by atoms with Crippen molar-refractivity contribution < 1.29 is 0 Å². The first-order valence-corrected chi connectivity index (χ1v) is 5.83. The molecule has 3 aromatic rings. The summed E-state index contributed by atoms with van der Waals surface area (Å²) < 4.78 is 1.87. The molecule has 0 saturated carbocycles. The van der Waals surface area contributed by atoms with E-state index in [1.165, 1.54) is 0 Å². The first-order chi connectivity index (χ1) is 8.75. The molecule has 0 N–H and O–H groups in total. The zero-order valence-electron chi connectivity index (χ0n) is 10.4. The molecule has 0 aliphatic heterocycles. The third-order valence-corrected chi connectivity index (χ3v) is 2.86. The van der Waals surface area contributed by atoms with Gasteiger partial charge in [0.05, 0.1) is 5.69 Å². The van der Waals surface area contributed by atoms with Crippen LogP contribution in [0.25, 0.3) is 16.8 Å². The largest absolute Gasteiger partial charge is 0.361 e. The maximum Gasteiger partial charge on any atom is 0.154 e. The predicted octanol–water partition coefficient (Wildman–Crippen LogP) is 2.46. The van der Waals surface area contributed by atoms with E-state index in [2.05, 4.69) is 28.3 Å². The van der Waals surface area contributed by atoms with Crippen LogP contribution in [0.5, 0.6) is 0 Å². The summed E-state index contributed by atoms with van der Waals surface area (Å²) >= 11 is 0. The monoisotopic (exact) mass is 238 g/mol. The molecule has 0 unspecified atom stereocenters. The number of anilines is 1. The maximum absolute atomic E-state index is 4.58. The van der Waals surface area contributed by atoms with Crippen molar-refractivity contribution in [3.63, 3.8) is 0 Å². The van der Waals surface area contributed by atoms with Gasteiger partial charge in [0, 0.05) is 32.1 Å². The Bertz CT molecular complexity index is 671. The molecule has 0 aliphatic carbocycles. The molecule has 0 amide bonds. The van der Waals surface area contributed by atoms with Crippen molar-refractivity contribution in [3.8, 4) is 11.3 Å². The molecule has 90 valence electrons. The summed E-state index contributed by atoms with van der Waals surface area (Å²) in [5, 5.41) is 4.58. The lowest BCUT2D eigenvalue weighted by molar-refractivity contribution is 0.936. The number of aromatic nitrogens is 3. The van der Waals surface area contributed by atoms with Gasteiger partial charge in [-0.25, -0.2) is 9.50 Å². The normalized spacial score (nSPS) is 10.8. The lowest BCUT2D eigenvalue weighted by atomic mass is 10.1. The van der Waals surface area contributed by atoms with Crippen molar-refractivity contribution in [2.75, 3.05) is 19.0 Å². The topological polar surface area (TPSA) is 33.4 Å². The standard InChI is InChI=1S/C14H14N4/c1-17(2)14-13-10-12(11-6-4-3-5-7-11)16-18(13)9-8-15-14/h3-10H,1-2H3. The van der Waals surface area contributed by atoms with Crippen molar-refractivity contribution in [3.05, 3.63) is 48.8 Å². The molecule has 4 nitrogen and oxygen atoms in total. The summed E-state index contributed by atoms with van der Waals surface area (Å²) in [6, 6.07) is 12.2. The van der Waals surface area contributed by atoms with Crippen molar-refractivity contribution in [1.82, 2.24) is 14.6 Å². The van der Waals surface area contributed by atoms with Crippen LogP contribution in [-0.4, -0.2) is 28.7 Å². The molecule has 18 heavy (non-hydrogen) atoms. The molecule has 0 aliphatic rings. The van der Waals surface area contributed by atoms with Crippen LogP contribution >= 0.6 is 0 Å². The van der Waals surface area contributed by atoms with Crippen molar-refractivity contribution in [2.24, 2.45) is 0 Å². The zero-order valence-corrected chi connectivity index (χ0v) is 10.4. The first-order valence-electron chi connectivity index (χ1n) is 5.83. The second-order valence-corrected chi connectivity index (χ2v) is 4.37. The molecule has 0 atom stereocenters. The summed E-state index contributed by atoms with van der Waals surface area (Å²) in [5.41, 5.74) is 3.10. The summed E-state index contributed by atoms with van der Waals surface area (Å²) in [5.74, 6) is 0.923. The highest BCUT2D eigenvalue weighted by atomic mass is 15.3. The number of hydrogen-bond acceptors (Lipinski definition) is 3. The van der Waals surface area contributed by atoms with E-state index in [1.54, 1.807) is 6.20 Å². The van der Waals surface area contributed by atoms with Crippen LogP contribution in [0.15, 0.2) is 48.8 Å². The Morgan fingerprint density at radius 3 is 2.61 bits per heavy atom. The SMILES string of the molecule is CN(C)c1nccn2nc(-c3ccccc3)cc12. The van der Waals surface area contributed by atoms with Gasteiger partial charge >= 0.3 is 0 Å². The third-order valence-electron chi connectivity index (χ3n) is 2.86. The summed E-state index contributed by atoms with van der Waals surface area (Å²) in [4.78, 5) is 6.37. The quantitative estimate of drug-likeness (QED) is 0.687. The maximum atomic E-state index is 4.58. The molecule has 2 heterocycles. The van der Waals surface area contributed by atoms with Crippen LogP contribution in [-0.2, 0) is 0 Å². The number of nitrogens with zero attached hydrogens (tertiary/aromatic N) is 4. The Morgan fingerprint density at radius 2 is 1.89 bits per heavy atom. The first kappa shape index (κ1) is 10.8. The van der Waals surface area contributed by atoms with Crippen molar-refractivity contribution in [1.29, 1.82) is 0 Å². The number of rotatable bonds is 2. The van der Waals surface area contributed by atoms with Gasteiger partial charge < -0.3 is 4.90 Å². The van der Waals surface area contributed by atoms with Crippen LogP contribution in [0.2, 0.25) is 0 Å². The van der Waals surface area contributed by atoms with E-state index in [0.717, 1.165) is 22.6 Å². The lowest BCUT2D eigenvalue weighted by Gasteiger charge is -2.11. The average Bonchev–Trinajstić information content (AvgIpc) is 2.83. The molecule has 2 aromatic heterocycles. The van der Waals surface area contributed by atoms with Crippen LogP contribution in [0, 0.1) is 0 Å². The Kier molecular flexibility index (Phi) is 2.48. The Balaban J connectivity index is 2.20. The van der Waals surface area contributed by atoms with E-state index in [-0.39, 0.29) is 0 Å². The summed E-state index contributed by atoms with van der Waals surface area (Å²) in [7, 11) is 3.97. The molecule has 0 radical (unpaired) electrons. The van der Waals surface area contributed by atoms with Gasteiger partial charge in [0.1, 0.15) is 5.52 Å². The van der Waals surface area contributed by atoms with Gasteiger partial charge in [-0.15, -0.1) is 0 Å². The molecule has 0 fully saturated rings. The minimum atomic E-state index is 0.923. The molecule has 0 saturated heterocycles. The lowest BCUT2D eigenvalue weighted by Crippen LogP contribution is -2.11. The molecule has 1 aromatic carbocycles. The number of fused-ring (bicyclic) bond motifs is 1. The second-order valence-electron chi connectivity index (χ2n) is 4.37. The zero-order chi connectivity index (χ0) is 12.5. The van der Waals surface area contributed by atoms with Crippen molar-refractivity contribution in [2.45, 2.75) is 0 Å². The smallest absolute Gasteiger partial charge is 0.154 e. The Morgan fingerprint density at radius 1 is 1.11 bits per heavy atom. The van der Waals surface area contributed by atoms with Gasteiger partial charge in [0.25, 0.3) is 0 Å².